The van der Waals surface area contributed by atoms with Gasteiger partial charge >= 0.3 is 0 Å². The van der Waals surface area contributed by atoms with Crippen LogP contribution in [0.4, 0.5) is 0 Å². The molecule has 0 N–H and O–H groups in total. The predicted octanol–water partition coefficient (Wildman–Crippen LogP) is 2.19. The normalized spacial score (nSPS) is 11.8. The Morgan fingerprint density at radius 1 is 1.18 bits per heavy atom. The van der Waals surface area contributed by atoms with Crippen molar-refractivity contribution < 1.29 is 19.2 Å². The lowest BCUT2D eigenvalue weighted by Gasteiger charge is -2.21. The fraction of sp³-hybridized carbons (Fsp3) is 0.471. The zero-order valence-corrected chi connectivity index (χ0v) is 13.4. The lowest BCUT2D eigenvalue weighted by molar-refractivity contribution is -0.174. The van der Waals surface area contributed by atoms with Crippen molar-refractivity contribution in [2.45, 2.75) is 32.6 Å². The van der Waals surface area contributed by atoms with Gasteiger partial charge in [0.25, 0.3) is 0 Å². The zero-order chi connectivity index (χ0) is 16.5. The monoisotopic (exact) mass is 305 g/mol. The topological polar surface area (TPSA) is 63.7 Å². The van der Waals surface area contributed by atoms with Crippen molar-refractivity contribution >= 4 is 17.5 Å². The van der Waals surface area contributed by atoms with Crippen LogP contribution in [0.1, 0.15) is 31.7 Å². The summed E-state index contributed by atoms with van der Waals surface area (Å²) in [6.45, 7) is 1.48. The Morgan fingerprint density at radius 3 is 2.36 bits per heavy atom. The molecule has 0 unspecified atom stereocenters. The maximum atomic E-state index is 12.2. The highest BCUT2D eigenvalue weighted by molar-refractivity contribution is 5.88. The van der Waals surface area contributed by atoms with E-state index in [0.717, 1.165) is 10.6 Å². The molecule has 22 heavy (non-hydrogen) atoms. The minimum absolute atomic E-state index is 0.00776. The summed E-state index contributed by atoms with van der Waals surface area (Å²) < 4.78 is 0. The standard InChI is InChI=1S/C17H23NO4/c1-13(19)9-10-15(17(21)18(2)22-3)12-16(20)11-14-7-5-4-6-8-14/h4-8,15H,9-12H2,1-3H3/t15-/m1/s1. The van der Waals surface area contributed by atoms with Gasteiger partial charge < -0.3 is 4.79 Å². The lowest BCUT2D eigenvalue weighted by Crippen LogP contribution is -2.33. The quantitative estimate of drug-likeness (QED) is 0.656. The van der Waals surface area contributed by atoms with Gasteiger partial charge in [0, 0.05) is 32.2 Å². The number of benzene rings is 1. The van der Waals surface area contributed by atoms with E-state index < -0.39 is 5.92 Å². The molecule has 0 saturated carbocycles. The van der Waals surface area contributed by atoms with E-state index in [2.05, 4.69) is 0 Å². The van der Waals surface area contributed by atoms with Crippen LogP contribution in [0.5, 0.6) is 0 Å². The average Bonchev–Trinajstić information content (AvgIpc) is 2.50. The third-order valence-corrected chi connectivity index (χ3v) is 3.50. The SMILES string of the molecule is CON(C)C(=O)[C@H](CCC(C)=O)CC(=O)Cc1ccccc1. The summed E-state index contributed by atoms with van der Waals surface area (Å²) in [6, 6.07) is 9.40. The molecular weight excluding hydrogens is 282 g/mol. The van der Waals surface area contributed by atoms with Crippen LogP contribution in [0.2, 0.25) is 0 Å². The first kappa shape index (κ1) is 18.0. The highest BCUT2D eigenvalue weighted by Gasteiger charge is 2.25. The number of nitrogens with zero attached hydrogens (tertiary/aromatic N) is 1. The maximum absolute atomic E-state index is 12.2. The van der Waals surface area contributed by atoms with Gasteiger partial charge in [0.15, 0.2) is 0 Å². The highest BCUT2D eigenvalue weighted by atomic mass is 16.7. The summed E-state index contributed by atoms with van der Waals surface area (Å²) >= 11 is 0. The summed E-state index contributed by atoms with van der Waals surface area (Å²) in [7, 11) is 2.90. The van der Waals surface area contributed by atoms with Gasteiger partial charge in [-0.25, -0.2) is 5.06 Å². The molecule has 0 spiro atoms. The number of Topliss-reactive ketones (excluding diaryl/α,β-unsaturated/α-hetero) is 2. The number of amides is 1. The van der Waals surface area contributed by atoms with E-state index in [0.29, 0.717) is 12.8 Å². The van der Waals surface area contributed by atoms with Crippen molar-refractivity contribution in [2.75, 3.05) is 14.2 Å². The largest absolute Gasteiger partial charge is 0.300 e. The van der Waals surface area contributed by atoms with Crippen LogP contribution in [0.15, 0.2) is 30.3 Å². The van der Waals surface area contributed by atoms with E-state index in [1.54, 1.807) is 0 Å². The summed E-state index contributed by atoms with van der Waals surface area (Å²) in [6.07, 6.45) is 1.06. The molecular formula is C17H23NO4. The van der Waals surface area contributed by atoms with Crippen LogP contribution >= 0.6 is 0 Å². The second kappa shape index (κ2) is 9.10. The van der Waals surface area contributed by atoms with Gasteiger partial charge in [-0.1, -0.05) is 30.3 Å². The fourth-order valence-electron chi connectivity index (χ4n) is 2.21. The van der Waals surface area contributed by atoms with Gasteiger partial charge in [0.2, 0.25) is 5.91 Å². The number of carbonyl (C=O) groups is 3. The van der Waals surface area contributed by atoms with E-state index in [1.807, 2.05) is 30.3 Å². The van der Waals surface area contributed by atoms with Gasteiger partial charge in [0.1, 0.15) is 11.6 Å². The molecule has 0 radical (unpaired) electrons. The first-order valence-electron chi connectivity index (χ1n) is 7.30. The van der Waals surface area contributed by atoms with E-state index in [-0.39, 0.29) is 30.3 Å². The Balaban J connectivity index is 2.68. The number of ketones is 2. The number of rotatable bonds is 9. The van der Waals surface area contributed by atoms with Gasteiger partial charge in [-0.15, -0.1) is 0 Å². The molecule has 1 aromatic carbocycles. The highest BCUT2D eigenvalue weighted by Crippen LogP contribution is 2.17. The predicted molar refractivity (Wildman–Crippen MR) is 83.0 cm³/mol. The Labute approximate surface area is 131 Å². The molecule has 5 nitrogen and oxygen atoms in total. The Bertz CT molecular complexity index is 513. The molecule has 0 fully saturated rings. The molecule has 0 saturated heterocycles. The fourth-order valence-corrected chi connectivity index (χ4v) is 2.21. The molecule has 0 aliphatic heterocycles. The molecule has 1 amide bonds. The van der Waals surface area contributed by atoms with E-state index in [1.165, 1.54) is 21.1 Å². The zero-order valence-electron chi connectivity index (χ0n) is 13.4. The molecule has 0 aromatic heterocycles. The molecule has 0 aliphatic rings. The van der Waals surface area contributed by atoms with Crippen molar-refractivity contribution in [1.82, 2.24) is 5.06 Å². The second-order valence-corrected chi connectivity index (χ2v) is 5.36. The second-order valence-electron chi connectivity index (χ2n) is 5.36. The van der Waals surface area contributed by atoms with E-state index >= 15 is 0 Å². The molecule has 120 valence electrons. The van der Waals surface area contributed by atoms with Crippen LogP contribution in [0.3, 0.4) is 0 Å². The summed E-state index contributed by atoms with van der Waals surface area (Å²) in [5.41, 5.74) is 0.922. The van der Waals surface area contributed by atoms with Crippen LogP contribution < -0.4 is 0 Å². The molecule has 0 heterocycles. The first-order chi connectivity index (χ1) is 10.4. The van der Waals surface area contributed by atoms with Crippen molar-refractivity contribution in [3.63, 3.8) is 0 Å². The lowest BCUT2D eigenvalue weighted by atomic mass is 9.93. The Morgan fingerprint density at radius 2 is 1.82 bits per heavy atom. The van der Waals surface area contributed by atoms with E-state index in [9.17, 15) is 14.4 Å². The van der Waals surface area contributed by atoms with Crippen LogP contribution in [0, 0.1) is 5.92 Å². The van der Waals surface area contributed by atoms with Crippen molar-refractivity contribution in [2.24, 2.45) is 5.92 Å². The molecule has 5 heteroatoms. The molecule has 1 rings (SSSR count). The maximum Gasteiger partial charge on any atom is 0.249 e. The Kier molecular flexibility index (Phi) is 7.46. The third kappa shape index (κ3) is 6.18. The van der Waals surface area contributed by atoms with Gasteiger partial charge in [-0.3, -0.25) is 14.4 Å². The van der Waals surface area contributed by atoms with Gasteiger partial charge in [-0.05, 0) is 18.9 Å². The van der Waals surface area contributed by atoms with Crippen molar-refractivity contribution in [3.05, 3.63) is 35.9 Å². The first-order valence-corrected chi connectivity index (χ1v) is 7.30. The summed E-state index contributed by atoms with van der Waals surface area (Å²) in [5, 5.41) is 1.11. The number of carbonyl (C=O) groups excluding carboxylic acids is 3. The smallest absolute Gasteiger partial charge is 0.249 e. The van der Waals surface area contributed by atoms with Crippen LogP contribution in [-0.4, -0.2) is 36.7 Å². The van der Waals surface area contributed by atoms with Crippen LogP contribution in [0.25, 0.3) is 0 Å². The van der Waals surface area contributed by atoms with Gasteiger partial charge in [0.05, 0.1) is 7.11 Å². The van der Waals surface area contributed by atoms with Gasteiger partial charge in [-0.2, -0.15) is 0 Å². The number of hydroxylamine groups is 2. The molecule has 1 atom stereocenters. The third-order valence-electron chi connectivity index (χ3n) is 3.50. The van der Waals surface area contributed by atoms with Crippen molar-refractivity contribution in [1.29, 1.82) is 0 Å². The number of hydrogen-bond donors (Lipinski definition) is 0. The van der Waals surface area contributed by atoms with Crippen LogP contribution in [-0.2, 0) is 25.6 Å². The molecule has 1 aromatic rings. The Hall–Kier alpha value is -2.01. The van der Waals surface area contributed by atoms with E-state index in [4.69, 9.17) is 4.84 Å². The molecule has 0 aliphatic carbocycles. The minimum atomic E-state index is -0.523. The summed E-state index contributed by atoms with van der Waals surface area (Å²) in [4.78, 5) is 40.4. The summed E-state index contributed by atoms with van der Waals surface area (Å²) in [5.74, 6) is -0.804. The molecule has 0 bridgehead atoms. The van der Waals surface area contributed by atoms with Crippen molar-refractivity contribution in [3.8, 4) is 0 Å². The average molecular weight is 305 g/mol. The number of hydrogen-bond acceptors (Lipinski definition) is 4. The minimum Gasteiger partial charge on any atom is -0.300 e.